The molecule has 0 bridgehead atoms. The average molecular weight is 501 g/mol. The van der Waals surface area contributed by atoms with Crippen molar-refractivity contribution in [3.63, 3.8) is 0 Å². The quantitative estimate of drug-likeness (QED) is 0.387. The number of benzene rings is 3. The second-order valence-electron chi connectivity index (χ2n) is 8.76. The van der Waals surface area contributed by atoms with Gasteiger partial charge in [-0.15, -0.1) is 0 Å². The van der Waals surface area contributed by atoms with Crippen LogP contribution in [0, 0.1) is 0 Å². The van der Waals surface area contributed by atoms with Crippen LogP contribution in [0.15, 0.2) is 60.7 Å². The number of aromatic carboxylic acids is 3. The van der Waals surface area contributed by atoms with E-state index in [0.717, 1.165) is 30.0 Å². The molecule has 9 nitrogen and oxygen atoms in total. The van der Waals surface area contributed by atoms with Crippen molar-refractivity contribution < 1.29 is 39.3 Å². The van der Waals surface area contributed by atoms with E-state index in [4.69, 9.17) is 0 Å². The van der Waals surface area contributed by atoms with Crippen LogP contribution in [0.1, 0.15) is 87.4 Å². The number of carboxylic acid groups (broad SMARTS) is 3. The minimum atomic E-state index is -1.62. The Balaban J connectivity index is 1.89. The molecule has 3 aromatic carbocycles. The lowest BCUT2D eigenvalue weighted by molar-refractivity contribution is 0.0611. The highest BCUT2D eigenvalue weighted by Crippen LogP contribution is 2.36. The van der Waals surface area contributed by atoms with Crippen molar-refractivity contribution in [2.75, 3.05) is 0 Å². The Bertz CT molecular complexity index is 1430. The van der Waals surface area contributed by atoms with Gasteiger partial charge < -0.3 is 20.2 Å². The Labute approximate surface area is 211 Å². The van der Waals surface area contributed by atoms with E-state index in [0.29, 0.717) is 29.9 Å². The van der Waals surface area contributed by atoms with Gasteiger partial charge in [-0.1, -0.05) is 42.5 Å². The molecule has 188 valence electrons. The lowest BCUT2D eigenvalue weighted by Gasteiger charge is -2.36. The lowest BCUT2D eigenvalue weighted by atomic mass is 9.86. The molecule has 1 aliphatic rings. The smallest absolute Gasteiger partial charge is 0.336 e. The number of carboxylic acids is 3. The van der Waals surface area contributed by atoms with Gasteiger partial charge in [0.2, 0.25) is 0 Å². The van der Waals surface area contributed by atoms with Crippen molar-refractivity contribution in [1.82, 2.24) is 4.90 Å². The number of aldehydes is 1. The fraction of sp³-hybridized carbons (Fsp3) is 0.179. The Morgan fingerprint density at radius 2 is 1.43 bits per heavy atom. The third-order valence-corrected chi connectivity index (χ3v) is 6.49. The van der Waals surface area contributed by atoms with E-state index < -0.39 is 52.1 Å². The van der Waals surface area contributed by atoms with Crippen molar-refractivity contribution in [3.05, 3.63) is 105 Å². The van der Waals surface area contributed by atoms with Gasteiger partial charge in [-0.2, -0.15) is 0 Å². The van der Waals surface area contributed by atoms with Crippen molar-refractivity contribution in [1.29, 1.82) is 0 Å². The maximum atomic E-state index is 14.0. The number of carbonyl (C=O) groups excluding carboxylic acids is 2. The Morgan fingerprint density at radius 3 is 2.08 bits per heavy atom. The average Bonchev–Trinajstić information content (AvgIpc) is 2.90. The number of fused-ring (bicyclic) bond motifs is 1. The van der Waals surface area contributed by atoms with Gasteiger partial charge >= 0.3 is 17.9 Å². The first-order chi connectivity index (χ1) is 17.7. The summed E-state index contributed by atoms with van der Waals surface area (Å²) in [4.78, 5) is 62.3. The molecule has 0 saturated carbocycles. The molecule has 3 N–H and O–H groups in total. The molecule has 1 atom stereocenters. The monoisotopic (exact) mass is 501 g/mol. The summed E-state index contributed by atoms with van der Waals surface area (Å²) in [6.07, 6.45) is 2.84. The third kappa shape index (κ3) is 5.11. The number of nitrogens with zero attached hydrogens (tertiary/aromatic N) is 1. The van der Waals surface area contributed by atoms with Gasteiger partial charge in [0.15, 0.2) is 0 Å². The lowest BCUT2D eigenvalue weighted by Crippen LogP contribution is -2.37. The van der Waals surface area contributed by atoms with Gasteiger partial charge in [0.25, 0.3) is 5.91 Å². The van der Waals surface area contributed by atoms with Gasteiger partial charge in [0, 0.05) is 12.1 Å². The van der Waals surface area contributed by atoms with Crippen LogP contribution in [0.25, 0.3) is 0 Å². The molecule has 0 heterocycles. The maximum absolute atomic E-state index is 14.0. The second kappa shape index (κ2) is 10.4. The van der Waals surface area contributed by atoms with E-state index in [9.17, 15) is 39.3 Å². The predicted octanol–water partition coefficient (Wildman–Crippen LogP) is 4.31. The first kappa shape index (κ1) is 25.3. The summed E-state index contributed by atoms with van der Waals surface area (Å²) >= 11 is 0. The Hall–Kier alpha value is -4.79. The molecule has 1 amide bonds. The molecule has 1 aliphatic carbocycles. The fourth-order valence-electron chi connectivity index (χ4n) is 4.80. The van der Waals surface area contributed by atoms with E-state index in [1.54, 1.807) is 24.3 Å². The van der Waals surface area contributed by atoms with Crippen LogP contribution in [0.5, 0.6) is 0 Å². The van der Waals surface area contributed by atoms with Crippen LogP contribution in [0.2, 0.25) is 0 Å². The molecular formula is C28H23NO8. The van der Waals surface area contributed by atoms with Crippen molar-refractivity contribution in [2.45, 2.75) is 31.8 Å². The highest BCUT2D eigenvalue weighted by atomic mass is 16.4. The molecule has 0 aromatic heterocycles. The zero-order valence-electron chi connectivity index (χ0n) is 19.6. The Kier molecular flexibility index (Phi) is 7.15. The zero-order chi connectivity index (χ0) is 26.7. The van der Waals surface area contributed by atoms with E-state index in [1.165, 1.54) is 4.90 Å². The van der Waals surface area contributed by atoms with Crippen LogP contribution in [0.4, 0.5) is 0 Å². The SMILES string of the molecule is O=Cc1cccc(CN(C(=O)c2cc(C(=O)O)c(C(=O)O)cc2C(=O)O)[C@H]2CCCc3ccccc32)c1. The number of amides is 1. The molecule has 0 radical (unpaired) electrons. The van der Waals surface area contributed by atoms with E-state index >= 15 is 0 Å². The minimum Gasteiger partial charge on any atom is -0.478 e. The highest BCUT2D eigenvalue weighted by Gasteiger charge is 2.33. The van der Waals surface area contributed by atoms with Crippen molar-refractivity contribution in [3.8, 4) is 0 Å². The number of hydrogen-bond donors (Lipinski definition) is 3. The molecule has 0 saturated heterocycles. The summed E-state index contributed by atoms with van der Waals surface area (Å²) in [7, 11) is 0. The van der Waals surface area contributed by atoms with Gasteiger partial charge in [0.1, 0.15) is 6.29 Å². The van der Waals surface area contributed by atoms with Crippen LogP contribution in [0.3, 0.4) is 0 Å². The largest absolute Gasteiger partial charge is 0.478 e. The molecule has 9 heteroatoms. The first-order valence-electron chi connectivity index (χ1n) is 11.5. The zero-order valence-corrected chi connectivity index (χ0v) is 19.6. The normalized spacial score (nSPS) is 14.3. The summed E-state index contributed by atoms with van der Waals surface area (Å²) in [6.45, 7) is 0.0155. The first-order valence-corrected chi connectivity index (χ1v) is 11.5. The van der Waals surface area contributed by atoms with E-state index in [1.807, 2.05) is 24.3 Å². The topological polar surface area (TPSA) is 149 Å². The van der Waals surface area contributed by atoms with Crippen LogP contribution in [-0.2, 0) is 13.0 Å². The van der Waals surface area contributed by atoms with Crippen molar-refractivity contribution in [2.24, 2.45) is 0 Å². The standard InChI is InChI=1S/C28H23NO8/c30-15-17-6-3-5-16(11-17)14-29(24-10-4-8-18-7-1-2-9-19(18)24)25(31)20-12-22(27(34)35)23(28(36)37)13-21(20)26(32)33/h1-3,5-7,9,11-13,15,24H,4,8,10,14H2,(H,32,33)(H,34,35)(H,36,37)/t24-/m0/s1. The molecular weight excluding hydrogens is 478 g/mol. The molecule has 3 aromatic rings. The Morgan fingerprint density at radius 1 is 0.811 bits per heavy atom. The molecule has 0 unspecified atom stereocenters. The van der Waals surface area contributed by atoms with Crippen LogP contribution < -0.4 is 0 Å². The van der Waals surface area contributed by atoms with E-state index in [-0.39, 0.29) is 6.54 Å². The molecule has 37 heavy (non-hydrogen) atoms. The highest BCUT2D eigenvalue weighted by molar-refractivity contribution is 6.10. The fourth-order valence-corrected chi connectivity index (χ4v) is 4.80. The molecule has 4 rings (SSSR count). The van der Waals surface area contributed by atoms with E-state index in [2.05, 4.69) is 0 Å². The molecule has 0 spiro atoms. The maximum Gasteiger partial charge on any atom is 0.336 e. The minimum absolute atomic E-state index is 0.0155. The van der Waals surface area contributed by atoms with Gasteiger partial charge in [-0.25, -0.2) is 14.4 Å². The van der Waals surface area contributed by atoms with Crippen LogP contribution in [-0.4, -0.2) is 50.3 Å². The number of rotatable bonds is 8. The molecule has 0 fully saturated rings. The van der Waals surface area contributed by atoms with Crippen LogP contribution >= 0.6 is 0 Å². The van der Waals surface area contributed by atoms with Gasteiger partial charge in [-0.05, 0) is 54.2 Å². The van der Waals surface area contributed by atoms with Crippen molar-refractivity contribution >= 4 is 30.1 Å². The summed E-state index contributed by atoms with van der Waals surface area (Å²) in [6, 6.07) is 15.3. The predicted molar refractivity (Wildman–Crippen MR) is 131 cm³/mol. The molecule has 0 aliphatic heterocycles. The number of carbonyl (C=O) groups is 5. The number of hydrogen-bond acceptors (Lipinski definition) is 5. The third-order valence-electron chi connectivity index (χ3n) is 6.49. The second-order valence-corrected chi connectivity index (χ2v) is 8.76. The summed E-state index contributed by atoms with van der Waals surface area (Å²) in [5.41, 5.74) is 0.517. The summed E-state index contributed by atoms with van der Waals surface area (Å²) in [5, 5.41) is 28.8. The van der Waals surface area contributed by atoms with Gasteiger partial charge in [-0.3, -0.25) is 9.59 Å². The summed E-state index contributed by atoms with van der Waals surface area (Å²) < 4.78 is 0. The van der Waals surface area contributed by atoms with Gasteiger partial charge in [0.05, 0.1) is 28.3 Å². The summed E-state index contributed by atoms with van der Waals surface area (Å²) in [5.74, 6) is -5.54. The number of aryl methyl sites for hydroxylation is 1.